The van der Waals surface area contributed by atoms with E-state index >= 15 is 0 Å². The van der Waals surface area contributed by atoms with Crippen molar-refractivity contribution in [2.75, 3.05) is 4.31 Å². The van der Waals surface area contributed by atoms with E-state index in [0.717, 1.165) is 19.3 Å². The molecular weight excluding hydrogens is 353 g/mol. The molecule has 0 heterocycles. The van der Waals surface area contributed by atoms with Crippen molar-refractivity contribution in [1.29, 1.82) is 0 Å². The summed E-state index contributed by atoms with van der Waals surface area (Å²) in [6, 6.07) is 4.20. The Labute approximate surface area is 138 Å². The zero-order valence-electron chi connectivity index (χ0n) is 11.5. The molecule has 6 nitrogen and oxygen atoms in total. The molecule has 9 heteroatoms. The van der Waals surface area contributed by atoms with Crippen molar-refractivity contribution < 1.29 is 22.5 Å². The van der Waals surface area contributed by atoms with Crippen LogP contribution in [0.1, 0.15) is 32.1 Å². The van der Waals surface area contributed by atoms with Crippen LogP contribution in [0.3, 0.4) is 0 Å². The Bertz CT molecular complexity index is 638. The Hall–Kier alpha value is -1.02. The van der Waals surface area contributed by atoms with Crippen LogP contribution in [-0.2, 0) is 15.0 Å². The largest absolute Gasteiger partial charge is 0.445 e. The highest BCUT2D eigenvalue weighted by atomic mass is 35.5. The fraction of sp³-hybridized carbons (Fsp3) is 0.462. The third-order valence-corrected chi connectivity index (χ3v) is 4.76. The summed E-state index contributed by atoms with van der Waals surface area (Å²) in [7, 11) is -4.92. The van der Waals surface area contributed by atoms with Gasteiger partial charge in [-0.2, -0.15) is 8.42 Å². The van der Waals surface area contributed by atoms with E-state index in [-0.39, 0.29) is 26.1 Å². The van der Waals surface area contributed by atoms with Gasteiger partial charge in [0.15, 0.2) is 0 Å². The lowest BCUT2D eigenvalue weighted by Gasteiger charge is -2.26. The van der Waals surface area contributed by atoms with Gasteiger partial charge in [0.05, 0.1) is 10.0 Å². The normalized spacial score (nSPS) is 16.3. The summed E-state index contributed by atoms with van der Waals surface area (Å²) in [6.07, 6.45) is 2.55. The fourth-order valence-electron chi connectivity index (χ4n) is 2.36. The molecule has 2 rings (SSSR count). The first-order valence-corrected chi connectivity index (χ1v) is 8.88. The quantitative estimate of drug-likeness (QED) is 0.813. The second-order valence-corrected chi connectivity index (χ2v) is 7.03. The predicted octanol–water partition coefficient (Wildman–Crippen LogP) is 4.07. The molecule has 1 saturated carbocycles. The molecule has 1 aromatic carbocycles. The Balaban J connectivity index is 2.32. The molecule has 0 bridgehead atoms. The average Bonchev–Trinajstić information content (AvgIpc) is 2.42. The Kier molecular flexibility index (Phi) is 5.55. The molecule has 0 aliphatic heterocycles. The van der Waals surface area contributed by atoms with Crippen LogP contribution in [0.2, 0.25) is 10.0 Å². The molecule has 1 amide bonds. The third kappa shape index (κ3) is 4.04. The van der Waals surface area contributed by atoms with Gasteiger partial charge in [0.25, 0.3) is 0 Å². The Morgan fingerprint density at radius 2 is 1.73 bits per heavy atom. The van der Waals surface area contributed by atoms with Crippen LogP contribution < -0.4 is 4.31 Å². The minimum Gasteiger partial charge on any atom is -0.445 e. The molecule has 1 aliphatic carbocycles. The van der Waals surface area contributed by atoms with Gasteiger partial charge in [-0.05, 0) is 37.8 Å². The summed E-state index contributed by atoms with van der Waals surface area (Å²) in [6.45, 7) is 0. The molecule has 0 aromatic heterocycles. The summed E-state index contributed by atoms with van der Waals surface area (Å²) >= 11 is 11.8. The molecule has 1 N–H and O–H groups in total. The number of halogens is 2. The van der Waals surface area contributed by atoms with Gasteiger partial charge in [0.2, 0.25) is 0 Å². The number of para-hydroxylation sites is 1. The standard InChI is InChI=1S/C13H15Cl2NO5S/c14-10-7-4-8-11(15)12(10)16(22(18,19)20)13(17)21-9-5-2-1-3-6-9/h4,7-9H,1-3,5-6H2,(H,18,19,20). The van der Waals surface area contributed by atoms with Gasteiger partial charge in [-0.1, -0.05) is 35.7 Å². The van der Waals surface area contributed by atoms with E-state index in [9.17, 15) is 17.8 Å². The van der Waals surface area contributed by atoms with Crippen LogP contribution in [-0.4, -0.2) is 25.2 Å². The van der Waals surface area contributed by atoms with Gasteiger partial charge in [-0.25, -0.2) is 4.79 Å². The smallest absolute Gasteiger partial charge is 0.430 e. The Morgan fingerprint density at radius 3 is 2.23 bits per heavy atom. The van der Waals surface area contributed by atoms with Crippen molar-refractivity contribution in [3.05, 3.63) is 28.2 Å². The van der Waals surface area contributed by atoms with Crippen molar-refractivity contribution in [3.63, 3.8) is 0 Å². The number of amides is 1. The van der Waals surface area contributed by atoms with Crippen LogP contribution in [0.25, 0.3) is 0 Å². The lowest BCUT2D eigenvalue weighted by Crippen LogP contribution is -2.39. The number of hydrogen-bond acceptors (Lipinski definition) is 4. The summed E-state index contributed by atoms with van der Waals surface area (Å²) in [5.74, 6) is 0. The molecule has 0 saturated heterocycles. The Morgan fingerprint density at radius 1 is 1.18 bits per heavy atom. The molecule has 0 radical (unpaired) electrons. The number of rotatable bonds is 3. The third-order valence-electron chi connectivity index (χ3n) is 3.36. The number of ether oxygens (including phenoxy) is 1. The zero-order valence-corrected chi connectivity index (χ0v) is 13.9. The summed E-state index contributed by atoms with van der Waals surface area (Å²) in [5.41, 5.74) is -0.325. The monoisotopic (exact) mass is 367 g/mol. The van der Waals surface area contributed by atoms with Crippen LogP contribution in [0, 0.1) is 0 Å². The second kappa shape index (κ2) is 7.04. The molecule has 0 unspecified atom stereocenters. The molecule has 1 aromatic rings. The summed E-state index contributed by atoms with van der Waals surface area (Å²) in [5, 5.41) is -0.184. The maximum absolute atomic E-state index is 12.2. The molecule has 1 aliphatic rings. The minimum absolute atomic E-state index is 0.0896. The van der Waals surface area contributed by atoms with Crippen molar-refractivity contribution in [2.24, 2.45) is 0 Å². The van der Waals surface area contributed by atoms with Crippen molar-refractivity contribution >= 4 is 45.3 Å². The predicted molar refractivity (Wildman–Crippen MR) is 83.8 cm³/mol. The first-order valence-electron chi connectivity index (χ1n) is 6.73. The van der Waals surface area contributed by atoms with Crippen LogP contribution >= 0.6 is 23.2 Å². The highest BCUT2D eigenvalue weighted by Crippen LogP contribution is 2.35. The van der Waals surface area contributed by atoms with Gasteiger partial charge in [0.1, 0.15) is 11.8 Å². The summed E-state index contributed by atoms with van der Waals surface area (Å²) < 4.78 is 37.8. The number of carbonyl (C=O) groups is 1. The molecule has 22 heavy (non-hydrogen) atoms. The van der Waals surface area contributed by atoms with Gasteiger partial charge in [-0.15, -0.1) is 4.31 Å². The first-order chi connectivity index (χ1) is 10.3. The lowest BCUT2D eigenvalue weighted by molar-refractivity contribution is 0.0834. The molecule has 122 valence electrons. The van der Waals surface area contributed by atoms with E-state index in [1.54, 1.807) is 0 Å². The number of benzene rings is 1. The van der Waals surface area contributed by atoms with Crippen LogP contribution in [0.15, 0.2) is 18.2 Å². The summed E-state index contributed by atoms with van der Waals surface area (Å²) in [4.78, 5) is 12.2. The number of carbonyl (C=O) groups excluding carboxylic acids is 1. The van der Waals surface area contributed by atoms with Crippen molar-refractivity contribution in [1.82, 2.24) is 0 Å². The topological polar surface area (TPSA) is 83.9 Å². The first kappa shape index (κ1) is 17.3. The van der Waals surface area contributed by atoms with E-state index in [4.69, 9.17) is 27.9 Å². The maximum atomic E-state index is 12.2. The van der Waals surface area contributed by atoms with Gasteiger partial charge in [-0.3, -0.25) is 4.55 Å². The fourth-order valence-corrected chi connectivity index (χ4v) is 3.68. The van der Waals surface area contributed by atoms with Crippen LogP contribution in [0.4, 0.5) is 10.5 Å². The number of nitrogens with zero attached hydrogens (tertiary/aromatic N) is 1. The van der Waals surface area contributed by atoms with E-state index < -0.39 is 16.4 Å². The zero-order chi connectivity index (χ0) is 16.3. The van der Waals surface area contributed by atoms with Crippen LogP contribution in [0.5, 0.6) is 0 Å². The van der Waals surface area contributed by atoms with E-state index in [1.165, 1.54) is 18.2 Å². The van der Waals surface area contributed by atoms with E-state index in [2.05, 4.69) is 0 Å². The highest BCUT2D eigenvalue weighted by molar-refractivity contribution is 7.88. The number of hydrogen-bond donors (Lipinski definition) is 1. The molecule has 1 fully saturated rings. The maximum Gasteiger partial charge on any atom is 0.430 e. The minimum atomic E-state index is -4.92. The van der Waals surface area contributed by atoms with E-state index in [0.29, 0.717) is 12.8 Å². The molecule has 0 atom stereocenters. The highest BCUT2D eigenvalue weighted by Gasteiger charge is 2.34. The van der Waals surface area contributed by atoms with Gasteiger partial charge in [0, 0.05) is 0 Å². The van der Waals surface area contributed by atoms with Crippen molar-refractivity contribution in [2.45, 2.75) is 38.2 Å². The molecule has 0 spiro atoms. The number of anilines is 1. The molecular formula is C13H15Cl2NO5S. The van der Waals surface area contributed by atoms with Gasteiger partial charge >= 0.3 is 16.4 Å². The lowest BCUT2D eigenvalue weighted by atomic mass is 9.98. The van der Waals surface area contributed by atoms with E-state index in [1.807, 2.05) is 0 Å². The van der Waals surface area contributed by atoms with Gasteiger partial charge < -0.3 is 4.74 Å². The second-order valence-electron chi connectivity index (χ2n) is 4.96. The van der Waals surface area contributed by atoms with Crippen molar-refractivity contribution in [3.8, 4) is 0 Å². The average molecular weight is 368 g/mol. The SMILES string of the molecule is O=C(OC1CCCCC1)N(c1c(Cl)cccc1Cl)S(=O)(=O)O.